The number of aryl methyl sites for hydroxylation is 1. The van der Waals surface area contributed by atoms with Crippen LogP contribution in [-0.2, 0) is 19.9 Å². The number of halogens is 1. The summed E-state index contributed by atoms with van der Waals surface area (Å²) >= 11 is 0. The maximum absolute atomic E-state index is 13.7. The van der Waals surface area contributed by atoms with Gasteiger partial charge in [0, 0.05) is 49.0 Å². The third kappa shape index (κ3) is 2.97. The summed E-state index contributed by atoms with van der Waals surface area (Å²) in [7, 11) is 1.88. The highest BCUT2D eigenvalue weighted by Crippen LogP contribution is 2.42. The first-order valence-electron chi connectivity index (χ1n) is 10.4. The van der Waals surface area contributed by atoms with Crippen LogP contribution in [0.5, 0.6) is 0 Å². The van der Waals surface area contributed by atoms with Gasteiger partial charge in [0.05, 0.1) is 17.0 Å². The Kier molecular flexibility index (Phi) is 4.46. The van der Waals surface area contributed by atoms with E-state index in [0.29, 0.717) is 48.6 Å². The smallest absolute Gasteiger partial charge is 0.337 e. The average molecular weight is 421 g/mol. The van der Waals surface area contributed by atoms with Crippen LogP contribution in [0.25, 0.3) is 22.8 Å². The Hall–Kier alpha value is -3.10. The summed E-state index contributed by atoms with van der Waals surface area (Å²) in [5, 5.41) is 13.3. The second-order valence-electron chi connectivity index (χ2n) is 8.59. The SMILES string of the molecule is CC(c1c(C(=O)O)c2c(n1C)-c1nc(-c3cccc(F)c3)ncc1CC2)C1(N)CNC1. The van der Waals surface area contributed by atoms with E-state index in [0.717, 1.165) is 22.5 Å². The lowest BCUT2D eigenvalue weighted by Gasteiger charge is -2.44. The summed E-state index contributed by atoms with van der Waals surface area (Å²) < 4.78 is 15.7. The van der Waals surface area contributed by atoms with E-state index in [-0.39, 0.29) is 11.7 Å². The monoisotopic (exact) mass is 421 g/mol. The van der Waals surface area contributed by atoms with E-state index < -0.39 is 11.5 Å². The number of carboxylic acid groups (broad SMARTS) is 1. The molecule has 1 aliphatic heterocycles. The fourth-order valence-corrected chi connectivity index (χ4v) is 4.87. The van der Waals surface area contributed by atoms with E-state index in [1.54, 1.807) is 18.3 Å². The zero-order valence-electron chi connectivity index (χ0n) is 17.4. The lowest BCUT2D eigenvalue weighted by Crippen LogP contribution is -2.68. The van der Waals surface area contributed by atoms with Crippen molar-refractivity contribution >= 4 is 5.97 Å². The molecule has 7 nitrogen and oxygen atoms in total. The Balaban J connectivity index is 1.71. The number of aromatic nitrogens is 3. The lowest BCUT2D eigenvalue weighted by atomic mass is 9.77. The first-order chi connectivity index (χ1) is 14.8. The molecule has 0 amide bonds. The minimum Gasteiger partial charge on any atom is -0.478 e. The van der Waals surface area contributed by atoms with Crippen LogP contribution in [0.3, 0.4) is 0 Å². The van der Waals surface area contributed by atoms with Crippen LogP contribution in [-0.4, -0.2) is 44.2 Å². The number of nitrogens with zero attached hydrogens (tertiary/aromatic N) is 3. The van der Waals surface area contributed by atoms with Crippen molar-refractivity contribution in [1.82, 2.24) is 19.9 Å². The van der Waals surface area contributed by atoms with E-state index in [2.05, 4.69) is 10.3 Å². The van der Waals surface area contributed by atoms with E-state index in [4.69, 9.17) is 10.7 Å². The molecule has 4 N–H and O–H groups in total. The van der Waals surface area contributed by atoms with Gasteiger partial charge in [-0.1, -0.05) is 19.1 Å². The summed E-state index contributed by atoms with van der Waals surface area (Å²) in [5.74, 6) is -1.04. The van der Waals surface area contributed by atoms with Gasteiger partial charge in [0.1, 0.15) is 5.82 Å². The van der Waals surface area contributed by atoms with Crippen LogP contribution in [0.1, 0.15) is 40.0 Å². The number of carbonyl (C=O) groups is 1. The molecule has 31 heavy (non-hydrogen) atoms. The van der Waals surface area contributed by atoms with Gasteiger partial charge in [-0.05, 0) is 36.1 Å². The second-order valence-corrected chi connectivity index (χ2v) is 8.59. The number of aromatic carboxylic acids is 1. The van der Waals surface area contributed by atoms with Crippen LogP contribution < -0.4 is 11.1 Å². The van der Waals surface area contributed by atoms with Gasteiger partial charge in [-0.25, -0.2) is 19.2 Å². The normalized spacial score (nSPS) is 17.4. The van der Waals surface area contributed by atoms with Gasteiger partial charge in [-0.2, -0.15) is 0 Å². The number of benzene rings is 1. The Morgan fingerprint density at radius 2 is 2.13 bits per heavy atom. The molecule has 0 bridgehead atoms. The molecule has 5 rings (SSSR count). The maximum atomic E-state index is 13.7. The maximum Gasteiger partial charge on any atom is 0.337 e. The molecular formula is C23H24FN5O2. The molecule has 0 radical (unpaired) electrons. The number of carboxylic acids is 1. The predicted octanol–water partition coefficient (Wildman–Crippen LogP) is 2.49. The van der Waals surface area contributed by atoms with Gasteiger partial charge in [0.15, 0.2) is 5.82 Å². The van der Waals surface area contributed by atoms with Crippen LogP contribution in [0.2, 0.25) is 0 Å². The van der Waals surface area contributed by atoms with Crippen molar-refractivity contribution in [2.24, 2.45) is 12.8 Å². The first kappa shape index (κ1) is 19.8. The van der Waals surface area contributed by atoms with Gasteiger partial charge in [-0.3, -0.25) is 0 Å². The fraction of sp³-hybridized carbons (Fsp3) is 0.348. The number of rotatable bonds is 4. The minimum atomic E-state index is -0.947. The van der Waals surface area contributed by atoms with E-state index in [1.807, 2.05) is 18.5 Å². The van der Waals surface area contributed by atoms with Gasteiger partial charge in [0.25, 0.3) is 0 Å². The third-order valence-corrected chi connectivity index (χ3v) is 6.75. The van der Waals surface area contributed by atoms with Gasteiger partial charge in [-0.15, -0.1) is 0 Å². The third-order valence-electron chi connectivity index (χ3n) is 6.75. The Labute approximate surface area is 179 Å². The fourth-order valence-electron chi connectivity index (χ4n) is 4.87. The highest BCUT2D eigenvalue weighted by Gasteiger charge is 2.43. The second kappa shape index (κ2) is 6.96. The molecule has 3 heterocycles. The van der Waals surface area contributed by atoms with Crippen LogP contribution in [0.4, 0.5) is 4.39 Å². The van der Waals surface area contributed by atoms with E-state index >= 15 is 0 Å². The number of nitrogens with one attached hydrogen (secondary N) is 1. The van der Waals surface area contributed by atoms with Crippen molar-refractivity contribution in [3.05, 3.63) is 58.7 Å². The van der Waals surface area contributed by atoms with E-state index in [9.17, 15) is 14.3 Å². The lowest BCUT2D eigenvalue weighted by molar-refractivity contribution is 0.0692. The standard InChI is InChI=1S/C23H24FN5O2/c1-12(23(25)10-26-11-23)19-17(22(30)31)16-7-6-14-9-27-21(13-4-3-5-15(24)8-13)28-18(14)20(16)29(19)2/h3-5,8-9,12,26H,6-7,10-11,25H2,1-2H3,(H,30,31). The van der Waals surface area contributed by atoms with Crippen molar-refractivity contribution in [2.45, 2.75) is 31.2 Å². The Bertz CT molecular complexity index is 1210. The molecular weight excluding hydrogens is 397 g/mol. The van der Waals surface area contributed by atoms with Gasteiger partial charge >= 0.3 is 5.97 Å². The largest absolute Gasteiger partial charge is 0.478 e. The summed E-state index contributed by atoms with van der Waals surface area (Å²) in [5.41, 5.74) is 10.9. The molecule has 8 heteroatoms. The topological polar surface area (TPSA) is 106 Å². The molecule has 1 aliphatic carbocycles. The molecule has 2 aromatic heterocycles. The molecule has 1 atom stereocenters. The summed E-state index contributed by atoms with van der Waals surface area (Å²) in [4.78, 5) is 21.5. The van der Waals surface area contributed by atoms with Gasteiger partial charge in [0.2, 0.25) is 0 Å². The highest BCUT2D eigenvalue weighted by molar-refractivity contribution is 5.95. The zero-order chi connectivity index (χ0) is 21.9. The van der Waals surface area contributed by atoms with Gasteiger partial charge < -0.3 is 20.7 Å². The Morgan fingerprint density at radius 3 is 2.77 bits per heavy atom. The molecule has 160 valence electrons. The van der Waals surface area contributed by atoms with Crippen molar-refractivity contribution in [3.8, 4) is 22.8 Å². The zero-order valence-corrected chi connectivity index (χ0v) is 17.4. The quantitative estimate of drug-likeness (QED) is 0.598. The van der Waals surface area contributed by atoms with E-state index in [1.165, 1.54) is 12.1 Å². The number of fused-ring (bicyclic) bond motifs is 3. The number of nitrogens with two attached hydrogens (primary N) is 1. The molecule has 1 saturated heterocycles. The summed E-state index contributed by atoms with van der Waals surface area (Å²) in [6, 6.07) is 6.16. The van der Waals surface area contributed by atoms with Crippen molar-refractivity contribution in [3.63, 3.8) is 0 Å². The number of hydrogen-bond acceptors (Lipinski definition) is 5. The Morgan fingerprint density at radius 1 is 1.35 bits per heavy atom. The first-order valence-corrected chi connectivity index (χ1v) is 10.4. The molecule has 0 spiro atoms. The van der Waals surface area contributed by atoms with Crippen molar-refractivity contribution in [2.75, 3.05) is 13.1 Å². The molecule has 1 unspecified atom stereocenters. The molecule has 1 fully saturated rings. The minimum absolute atomic E-state index is 0.150. The van der Waals surface area contributed by atoms with Crippen molar-refractivity contribution < 1.29 is 14.3 Å². The van der Waals surface area contributed by atoms with Crippen LogP contribution >= 0.6 is 0 Å². The summed E-state index contributed by atoms with van der Waals surface area (Å²) in [6.07, 6.45) is 3.02. The predicted molar refractivity (Wildman–Crippen MR) is 114 cm³/mol. The molecule has 2 aliphatic rings. The molecule has 1 aromatic carbocycles. The molecule has 3 aromatic rings. The van der Waals surface area contributed by atoms with Crippen LogP contribution in [0.15, 0.2) is 30.5 Å². The van der Waals surface area contributed by atoms with Crippen LogP contribution in [0, 0.1) is 5.82 Å². The van der Waals surface area contributed by atoms with Crippen molar-refractivity contribution in [1.29, 1.82) is 0 Å². The number of hydrogen-bond donors (Lipinski definition) is 3. The highest BCUT2D eigenvalue weighted by atomic mass is 19.1. The summed E-state index contributed by atoms with van der Waals surface area (Å²) in [6.45, 7) is 3.28. The average Bonchev–Trinajstić information content (AvgIpc) is 3.04. The molecule has 0 saturated carbocycles.